The van der Waals surface area contributed by atoms with E-state index in [1.54, 1.807) is 0 Å². The van der Waals surface area contributed by atoms with Crippen LogP contribution >= 0.6 is 0 Å². The van der Waals surface area contributed by atoms with Crippen LogP contribution < -0.4 is 10.6 Å². The lowest BCUT2D eigenvalue weighted by Crippen LogP contribution is -2.17. The predicted molar refractivity (Wildman–Crippen MR) is 67.5 cm³/mol. The molecule has 1 saturated heterocycles. The Morgan fingerprint density at radius 2 is 2.44 bits per heavy atom. The molecule has 2 rings (SSSR count). The summed E-state index contributed by atoms with van der Waals surface area (Å²) in [5.74, 6) is 1.70. The number of anilines is 1. The van der Waals surface area contributed by atoms with E-state index >= 15 is 0 Å². The van der Waals surface area contributed by atoms with E-state index in [0.717, 1.165) is 18.9 Å². The molecule has 1 aliphatic rings. The van der Waals surface area contributed by atoms with Crippen molar-refractivity contribution in [2.75, 3.05) is 18.4 Å². The molecule has 1 atom stereocenters. The zero-order valence-electron chi connectivity index (χ0n) is 10.2. The van der Waals surface area contributed by atoms with Crippen LogP contribution in [0, 0.1) is 5.92 Å². The Morgan fingerprint density at radius 3 is 3.12 bits per heavy atom. The summed E-state index contributed by atoms with van der Waals surface area (Å²) in [6.07, 6.45) is 4.35. The highest BCUT2D eigenvalue weighted by molar-refractivity contribution is 5.46. The standard InChI is InChI=1S/C13H21N3/c1-10(2)9-16-13-11(5-3-8-15-13)12-6-4-7-14-12/h3,5,8,10,12,14H,4,6-7,9H2,1-2H3,(H,15,16). The molecular formula is C13H21N3. The lowest BCUT2D eigenvalue weighted by molar-refractivity contribution is 0.641. The molecule has 0 amide bonds. The third-order valence-corrected chi connectivity index (χ3v) is 2.95. The Labute approximate surface area is 97.7 Å². The highest BCUT2D eigenvalue weighted by atomic mass is 15.0. The molecule has 0 radical (unpaired) electrons. The molecule has 0 spiro atoms. The van der Waals surface area contributed by atoms with Crippen molar-refractivity contribution in [2.24, 2.45) is 5.92 Å². The number of hydrogen-bond donors (Lipinski definition) is 2. The fourth-order valence-corrected chi connectivity index (χ4v) is 2.10. The van der Waals surface area contributed by atoms with Gasteiger partial charge in [0.15, 0.2) is 0 Å². The van der Waals surface area contributed by atoms with E-state index in [1.165, 1.54) is 18.4 Å². The summed E-state index contributed by atoms with van der Waals surface area (Å²) < 4.78 is 0. The lowest BCUT2D eigenvalue weighted by atomic mass is 10.1. The number of aromatic nitrogens is 1. The Hall–Kier alpha value is -1.09. The van der Waals surface area contributed by atoms with Crippen LogP contribution in [0.25, 0.3) is 0 Å². The third-order valence-electron chi connectivity index (χ3n) is 2.95. The Morgan fingerprint density at radius 1 is 1.56 bits per heavy atom. The summed E-state index contributed by atoms with van der Waals surface area (Å²) in [4.78, 5) is 4.44. The SMILES string of the molecule is CC(C)CNc1ncccc1C1CCCN1. The Bertz CT molecular complexity index is 330. The van der Waals surface area contributed by atoms with Gasteiger partial charge in [-0.05, 0) is 31.4 Å². The molecule has 88 valence electrons. The van der Waals surface area contributed by atoms with Gasteiger partial charge in [0.05, 0.1) is 0 Å². The maximum atomic E-state index is 4.44. The summed E-state index contributed by atoms with van der Waals surface area (Å²) in [6, 6.07) is 4.69. The molecule has 1 fully saturated rings. The summed E-state index contributed by atoms with van der Waals surface area (Å²) >= 11 is 0. The fourth-order valence-electron chi connectivity index (χ4n) is 2.10. The second-order valence-corrected chi connectivity index (χ2v) is 4.86. The quantitative estimate of drug-likeness (QED) is 0.817. The summed E-state index contributed by atoms with van der Waals surface area (Å²) in [6.45, 7) is 6.53. The van der Waals surface area contributed by atoms with E-state index < -0.39 is 0 Å². The number of nitrogens with one attached hydrogen (secondary N) is 2. The van der Waals surface area contributed by atoms with E-state index in [9.17, 15) is 0 Å². The van der Waals surface area contributed by atoms with Gasteiger partial charge in [-0.2, -0.15) is 0 Å². The topological polar surface area (TPSA) is 37.0 Å². The highest BCUT2D eigenvalue weighted by Crippen LogP contribution is 2.27. The Kier molecular flexibility index (Phi) is 3.78. The van der Waals surface area contributed by atoms with Crippen LogP contribution in [-0.2, 0) is 0 Å². The van der Waals surface area contributed by atoms with Crippen LogP contribution in [0.2, 0.25) is 0 Å². The average Bonchev–Trinajstić information content (AvgIpc) is 2.80. The van der Waals surface area contributed by atoms with Gasteiger partial charge in [-0.3, -0.25) is 0 Å². The fraction of sp³-hybridized carbons (Fsp3) is 0.615. The summed E-state index contributed by atoms with van der Waals surface area (Å²) in [7, 11) is 0. The molecule has 3 nitrogen and oxygen atoms in total. The monoisotopic (exact) mass is 219 g/mol. The van der Waals surface area contributed by atoms with Crippen molar-refractivity contribution in [3.05, 3.63) is 23.9 Å². The minimum atomic E-state index is 0.489. The van der Waals surface area contributed by atoms with Crippen LogP contribution in [0.5, 0.6) is 0 Å². The van der Waals surface area contributed by atoms with E-state index in [-0.39, 0.29) is 0 Å². The van der Waals surface area contributed by atoms with E-state index in [0.29, 0.717) is 12.0 Å². The second-order valence-electron chi connectivity index (χ2n) is 4.86. The van der Waals surface area contributed by atoms with Crippen LogP contribution in [0.1, 0.15) is 38.3 Å². The second kappa shape index (κ2) is 5.30. The molecule has 1 aromatic rings. The maximum Gasteiger partial charge on any atom is 0.130 e. The maximum absolute atomic E-state index is 4.44. The van der Waals surface area contributed by atoms with Gasteiger partial charge in [0.1, 0.15) is 5.82 Å². The first-order chi connectivity index (χ1) is 7.77. The minimum Gasteiger partial charge on any atom is -0.370 e. The largest absolute Gasteiger partial charge is 0.370 e. The van der Waals surface area contributed by atoms with Crippen LogP contribution in [-0.4, -0.2) is 18.1 Å². The molecule has 1 aromatic heterocycles. The molecule has 1 unspecified atom stereocenters. The normalized spacial score (nSPS) is 20.3. The first kappa shape index (κ1) is 11.4. The Balaban J connectivity index is 2.10. The molecule has 2 heterocycles. The van der Waals surface area contributed by atoms with Crippen molar-refractivity contribution in [3.8, 4) is 0 Å². The van der Waals surface area contributed by atoms with E-state index in [1.807, 2.05) is 12.3 Å². The number of rotatable bonds is 4. The number of hydrogen-bond acceptors (Lipinski definition) is 3. The molecule has 3 heteroatoms. The van der Waals surface area contributed by atoms with Gasteiger partial charge >= 0.3 is 0 Å². The first-order valence-corrected chi connectivity index (χ1v) is 6.19. The van der Waals surface area contributed by atoms with Crippen molar-refractivity contribution < 1.29 is 0 Å². The molecule has 0 saturated carbocycles. The number of nitrogens with zero attached hydrogens (tertiary/aromatic N) is 1. The van der Waals surface area contributed by atoms with E-state index in [4.69, 9.17) is 0 Å². The van der Waals surface area contributed by atoms with Crippen molar-refractivity contribution in [1.29, 1.82) is 0 Å². The highest BCUT2D eigenvalue weighted by Gasteiger charge is 2.19. The molecular weight excluding hydrogens is 198 g/mol. The van der Waals surface area contributed by atoms with Crippen molar-refractivity contribution in [3.63, 3.8) is 0 Å². The summed E-state index contributed by atoms with van der Waals surface area (Å²) in [5.41, 5.74) is 1.32. The minimum absolute atomic E-state index is 0.489. The third kappa shape index (κ3) is 2.73. The van der Waals surface area contributed by atoms with Crippen molar-refractivity contribution >= 4 is 5.82 Å². The first-order valence-electron chi connectivity index (χ1n) is 6.19. The molecule has 1 aliphatic heterocycles. The van der Waals surface area contributed by atoms with Gasteiger partial charge in [0.2, 0.25) is 0 Å². The van der Waals surface area contributed by atoms with E-state index in [2.05, 4.69) is 35.5 Å². The van der Waals surface area contributed by atoms with Crippen molar-refractivity contribution in [1.82, 2.24) is 10.3 Å². The van der Waals surface area contributed by atoms with Gasteiger partial charge in [0, 0.05) is 24.3 Å². The number of pyridine rings is 1. The van der Waals surface area contributed by atoms with Gasteiger partial charge in [-0.1, -0.05) is 19.9 Å². The molecule has 0 bridgehead atoms. The van der Waals surface area contributed by atoms with Gasteiger partial charge < -0.3 is 10.6 Å². The summed E-state index contributed by atoms with van der Waals surface area (Å²) in [5, 5.41) is 6.96. The molecule has 0 aromatic carbocycles. The molecule has 16 heavy (non-hydrogen) atoms. The zero-order valence-corrected chi connectivity index (χ0v) is 10.2. The zero-order chi connectivity index (χ0) is 11.4. The smallest absolute Gasteiger partial charge is 0.130 e. The molecule has 2 N–H and O–H groups in total. The van der Waals surface area contributed by atoms with Gasteiger partial charge in [0.25, 0.3) is 0 Å². The lowest BCUT2D eigenvalue weighted by Gasteiger charge is -2.16. The predicted octanol–water partition coefficient (Wildman–Crippen LogP) is 2.57. The van der Waals surface area contributed by atoms with Crippen LogP contribution in [0.4, 0.5) is 5.82 Å². The van der Waals surface area contributed by atoms with Gasteiger partial charge in [-0.25, -0.2) is 4.98 Å². The average molecular weight is 219 g/mol. The van der Waals surface area contributed by atoms with Gasteiger partial charge in [-0.15, -0.1) is 0 Å². The van der Waals surface area contributed by atoms with Crippen LogP contribution in [0.15, 0.2) is 18.3 Å². The van der Waals surface area contributed by atoms with Crippen molar-refractivity contribution in [2.45, 2.75) is 32.7 Å². The van der Waals surface area contributed by atoms with Crippen LogP contribution in [0.3, 0.4) is 0 Å². The molecule has 0 aliphatic carbocycles.